The number of carbonyl (C=O) groups is 1. The number of aryl methyl sites for hydroxylation is 1. The first-order valence-electron chi connectivity index (χ1n) is 6.52. The number of anilines is 2. The number of pyridine rings is 2. The van der Waals surface area contributed by atoms with Gasteiger partial charge in [0, 0.05) is 42.9 Å². The van der Waals surface area contributed by atoms with Crippen LogP contribution in [0.1, 0.15) is 23.0 Å². The quantitative estimate of drug-likeness (QED) is 0.927. The summed E-state index contributed by atoms with van der Waals surface area (Å²) in [4.78, 5) is 22.4. The van der Waals surface area contributed by atoms with Crippen LogP contribution in [0.3, 0.4) is 0 Å². The molecule has 2 rings (SSSR count). The molecule has 0 aliphatic carbocycles. The van der Waals surface area contributed by atoms with Gasteiger partial charge in [0.25, 0.3) is 5.91 Å². The first-order valence-corrected chi connectivity index (χ1v) is 6.52. The van der Waals surface area contributed by atoms with Gasteiger partial charge in [0.05, 0.1) is 0 Å². The summed E-state index contributed by atoms with van der Waals surface area (Å²) in [6, 6.07) is 7.17. The van der Waals surface area contributed by atoms with Crippen molar-refractivity contribution in [1.29, 1.82) is 0 Å². The van der Waals surface area contributed by atoms with Gasteiger partial charge in [-0.25, -0.2) is 4.98 Å². The van der Waals surface area contributed by atoms with Crippen molar-refractivity contribution in [3.8, 4) is 0 Å². The van der Waals surface area contributed by atoms with Gasteiger partial charge in [-0.05, 0) is 38.1 Å². The van der Waals surface area contributed by atoms with Crippen LogP contribution in [0.4, 0.5) is 11.5 Å². The summed E-state index contributed by atoms with van der Waals surface area (Å²) < 4.78 is 0. The summed E-state index contributed by atoms with van der Waals surface area (Å²) in [5.41, 5.74) is 2.24. The van der Waals surface area contributed by atoms with E-state index in [1.54, 1.807) is 48.6 Å². The molecule has 5 nitrogen and oxygen atoms in total. The van der Waals surface area contributed by atoms with Crippen LogP contribution in [-0.4, -0.2) is 29.5 Å². The van der Waals surface area contributed by atoms with Crippen LogP contribution in [0.25, 0.3) is 0 Å². The van der Waals surface area contributed by atoms with Gasteiger partial charge in [0.15, 0.2) is 0 Å². The maximum absolute atomic E-state index is 12.5. The zero-order valence-electron chi connectivity index (χ0n) is 11.9. The van der Waals surface area contributed by atoms with Crippen LogP contribution in [0.2, 0.25) is 0 Å². The second kappa shape index (κ2) is 6.14. The van der Waals surface area contributed by atoms with Crippen molar-refractivity contribution in [3.05, 3.63) is 47.9 Å². The van der Waals surface area contributed by atoms with E-state index >= 15 is 0 Å². The smallest absolute Gasteiger partial charge is 0.258 e. The lowest BCUT2D eigenvalue weighted by molar-refractivity contribution is 0.0993. The minimum absolute atomic E-state index is 0.0687. The SMILES string of the molecule is CCNc1cc(C(=O)N(C)c2ccncc2)cc(C)n1. The maximum atomic E-state index is 12.5. The number of amides is 1. The van der Waals surface area contributed by atoms with Gasteiger partial charge in [-0.2, -0.15) is 0 Å². The van der Waals surface area contributed by atoms with Crippen LogP contribution in [0.5, 0.6) is 0 Å². The molecular formula is C15H18N4O. The van der Waals surface area contributed by atoms with Crippen molar-refractivity contribution in [3.63, 3.8) is 0 Å². The van der Waals surface area contributed by atoms with Gasteiger partial charge in [-0.15, -0.1) is 0 Å². The van der Waals surface area contributed by atoms with Crippen LogP contribution in [0.15, 0.2) is 36.7 Å². The molecule has 0 aliphatic rings. The summed E-state index contributed by atoms with van der Waals surface area (Å²) >= 11 is 0. The van der Waals surface area contributed by atoms with Crippen LogP contribution < -0.4 is 10.2 Å². The third-order valence-electron chi connectivity index (χ3n) is 2.91. The minimum atomic E-state index is -0.0687. The zero-order valence-corrected chi connectivity index (χ0v) is 11.9. The number of nitrogens with one attached hydrogen (secondary N) is 1. The van der Waals surface area contributed by atoms with Crippen molar-refractivity contribution in [2.24, 2.45) is 0 Å². The van der Waals surface area contributed by atoms with Crippen LogP contribution >= 0.6 is 0 Å². The third kappa shape index (κ3) is 3.12. The highest BCUT2D eigenvalue weighted by Gasteiger charge is 2.14. The first kappa shape index (κ1) is 14.0. The molecule has 1 N–H and O–H groups in total. The Balaban J connectivity index is 2.29. The van der Waals surface area contributed by atoms with Crippen LogP contribution in [-0.2, 0) is 0 Å². The van der Waals surface area contributed by atoms with Crippen molar-refractivity contribution in [2.45, 2.75) is 13.8 Å². The lowest BCUT2D eigenvalue weighted by atomic mass is 10.2. The molecular weight excluding hydrogens is 252 g/mol. The molecule has 0 radical (unpaired) electrons. The summed E-state index contributed by atoms with van der Waals surface area (Å²) in [5.74, 6) is 0.653. The van der Waals surface area contributed by atoms with Gasteiger partial charge >= 0.3 is 0 Å². The summed E-state index contributed by atoms with van der Waals surface area (Å²) in [7, 11) is 1.75. The van der Waals surface area contributed by atoms with E-state index in [1.165, 1.54) is 0 Å². The van der Waals surface area contributed by atoms with Gasteiger partial charge in [0.1, 0.15) is 5.82 Å². The van der Waals surface area contributed by atoms with Gasteiger partial charge in [-0.3, -0.25) is 9.78 Å². The molecule has 2 aromatic heterocycles. The number of aromatic nitrogens is 2. The fourth-order valence-corrected chi connectivity index (χ4v) is 1.94. The summed E-state index contributed by atoms with van der Waals surface area (Å²) in [5, 5.41) is 3.13. The van der Waals surface area contributed by atoms with E-state index in [1.807, 2.05) is 13.8 Å². The molecule has 0 aromatic carbocycles. The fourth-order valence-electron chi connectivity index (χ4n) is 1.94. The number of hydrogen-bond donors (Lipinski definition) is 1. The van der Waals surface area contributed by atoms with E-state index in [9.17, 15) is 4.79 Å². The maximum Gasteiger partial charge on any atom is 0.258 e. The number of nitrogens with zero attached hydrogens (tertiary/aromatic N) is 3. The molecule has 0 unspecified atom stereocenters. The monoisotopic (exact) mass is 270 g/mol. The zero-order chi connectivity index (χ0) is 14.5. The second-order valence-electron chi connectivity index (χ2n) is 4.48. The standard InChI is InChI=1S/C15H18N4O/c1-4-17-14-10-12(9-11(2)18-14)15(20)19(3)13-5-7-16-8-6-13/h5-10H,4H2,1-3H3,(H,17,18). The van der Waals surface area contributed by atoms with Gasteiger partial charge in [-0.1, -0.05) is 0 Å². The normalized spacial score (nSPS) is 10.2. The molecule has 0 spiro atoms. The third-order valence-corrected chi connectivity index (χ3v) is 2.91. The number of hydrogen-bond acceptors (Lipinski definition) is 4. The van der Waals surface area contributed by atoms with Crippen molar-refractivity contribution >= 4 is 17.4 Å². The highest BCUT2D eigenvalue weighted by molar-refractivity contribution is 6.06. The van der Waals surface area contributed by atoms with E-state index in [0.717, 1.165) is 23.7 Å². The molecule has 0 bridgehead atoms. The Kier molecular flexibility index (Phi) is 4.30. The number of carbonyl (C=O) groups excluding carboxylic acids is 1. The average molecular weight is 270 g/mol. The highest BCUT2D eigenvalue weighted by atomic mass is 16.2. The Morgan fingerprint density at radius 3 is 2.65 bits per heavy atom. The summed E-state index contributed by atoms with van der Waals surface area (Å²) in [6.07, 6.45) is 3.34. The van der Waals surface area contributed by atoms with Gasteiger partial charge < -0.3 is 10.2 Å². The molecule has 104 valence electrons. The molecule has 1 amide bonds. The average Bonchev–Trinajstić information content (AvgIpc) is 2.46. The van der Waals surface area contributed by atoms with E-state index in [4.69, 9.17) is 0 Å². The first-order chi connectivity index (χ1) is 9.61. The predicted octanol–water partition coefficient (Wildman–Crippen LogP) is 2.49. The van der Waals surface area contributed by atoms with E-state index in [2.05, 4.69) is 15.3 Å². The lowest BCUT2D eigenvalue weighted by Crippen LogP contribution is -2.26. The van der Waals surface area contributed by atoms with Crippen molar-refractivity contribution < 1.29 is 4.79 Å². The molecule has 20 heavy (non-hydrogen) atoms. The van der Waals surface area contributed by atoms with E-state index in [-0.39, 0.29) is 5.91 Å². The molecule has 0 atom stereocenters. The molecule has 0 saturated heterocycles. The van der Waals surface area contributed by atoms with Crippen molar-refractivity contribution in [2.75, 3.05) is 23.8 Å². The predicted molar refractivity (Wildman–Crippen MR) is 80.1 cm³/mol. The largest absolute Gasteiger partial charge is 0.370 e. The van der Waals surface area contributed by atoms with Gasteiger partial charge in [0.2, 0.25) is 0 Å². The Bertz CT molecular complexity index is 598. The Labute approximate surface area is 118 Å². The minimum Gasteiger partial charge on any atom is -0.370 e. The van der Waals surface area contributed by atoms with Crippen molar-refractivity contribution in [1.82, 2.24) is 9.97 Å². The molecule has 5 heteroatoms. The Morgan fingerprint density at radius 1 is 1.30 bits per heavy atom. The molecule has 2 aromatic rings. The number of rotatable bonds is 4. The lowest BCUT2D eigenvalue weighted by Gasteiger charge is -2.17. The van der Waals surface area contributed by atoms with Crippen LogP contribution in [0, 0.1) is 6.92 Å². The summed E-state index contributed by atoms with van der Waals surface area (Å²) in [6.45, 7) is 4.64. The molecule has 0 fully saturated rings. The van der Waals surface area contributed by atoms with E-state index < -0.39 is 0 Å². The fraction of sp³-hybridized carbons (Fsp3) is 0.267. The molecule has 0 saturated carbocycles. The van der Waals surface area contributed by atoms with E-state index in [0.29, 0.717) is 5.56 Å². The second-order valence-corrected chi connectivity index (χ2v) is 4.48. The molecule has 2 heterocycles. The molecule has 0 aliphatic heterocycles. The topological polar surface area (TPSA) is 58.1 Å². The Morgan fingerprint density at radius 2 is 2.00 bits per heavy atom. The Hall–Kier alpha value is -2.43. The highest BCUT2D eigenvalue weighted by Crippen LogP contribution is 2.16.